The Balaban J connectivity index is 1.70. The van der Waals surface area contributed by atoms with E-state index in [0.29, 0.717) is 42.1 Å². The summed E-state index contributed by atoms with van der Waals surface area (Å²) >= 11 is 12.2. The number of hydrogen-bond donors (Lipinski definition) is 1. The molecule has 0 unspecified atom stereocenters. The number of benzene rings is 2. The van der Waals surface area contributed by atoms with E-state index in [2.05, 4.69) is 27.3 Å². The molecule has 1 amide bonds. The fourth-order valence-electron chi connectivity index (χ4n) is 3.07. The van der Waals surface area contributed by atoms with Gasteiger partial charge in [-0.05, 0) is 37.4 Å². The van der Waals surface area contributed by atoms with Gasteiger partial charge in [-0.3, -0.25) is 9.69 Å². The molecule has 0 bridgehead atoms. The van der Waals surface area contributed by atoms with E-state index in [1.807, 2.05) is 49.3 Å². The summed E-state index contributed by atoms with van der Waals surface area (Å²) < 4.78 is 5.59. The predicted octanol–water partition coefficient (Wildman–Crippen LogP) is 4.48. The number of likely N-dealkylation sites (N-methyl/N-ethyl adjacent to an activating group) is 1. The third-order valence-corrected chi connectivity index (χ3v) is 5.37. The summed E-state index contributed by atoms with van der Waals surface area (Å²) in [4.78, 5) is 20.8. The van der Waals surface area contributed by atoms with E-state index in [0.717, 1.165) is 17.7 Å². The van der Waals surface area contributed by atoms with Gasteiger partial charge in [-0.2, -0.15) is 0 Å². The number of rotatable bonds is 10. The van der Waals surface area contributed by atoms with E-state index in [-0.39, 0.29) is 11.6 Å². The molecule has 164 valence electrons. The maximum absolute atomic E-state index is 12.3. The summed E-state index contributed by atoms with van der Waals surface area (Å²) in [5.41, 5.74) is 2.47. The van der Waals surface area contributed by atoms with E-state index < -0.39 is 0 Å². The Labute approximate surface area is 192 Å². The largest absolute Gasteiger partial charge is 0.447 e. The van der Waals surface area contributed by atoms with Crippen molar-refractivity contribution in [1.82, 2.24) is 20.1 Å². The van der Waals surface area contributed by atoms with Gasteiger partial charge in [0.25, 0.3) is 5.91 Å². The lowest BCUT2D eigenvalue weighted by Gasteiger charge is -2.21. The number of aromatic nitrogens is 1. The first-order chi connectivity index (χ1) is 14.9. The second-order valence-corrected chi connectivity index (χ2v) is 8.38. The Kier molecular flexibility index (Phi) is 8.49. The van der Waals surface area contributed by atoms with Crippen molar-refractivity contribution in [2.45, 2.75) is 19.6 Å². The molecule has 0 fully saturated rings. The van der Waals surface area contributed by atoms with Gasteiger partial charge in [0.1, 0.15) is 6.26 Å². The average molecular weight is 461 g/mol. The van der Waals surface area contributed by atoms with Crippen LogP contribution in [-0.4, -0.2) is 47.9 Å². The van der Waals surface area contributed by atoms with Crippen LogP contribution in [0.15, 0.2) is 59.2 Å². The van der Waals surface area contributed by atoms with Crippen LogP contribution >= 0.6 is 23.2 Å². The predicted molar refractivity (Wildman–Crippen MR) is 123 cm³/mol. The number of hydrogen-bond acceptors (Lipinski definition) is 5. The van der Waals surface area contributed by atoms with E-state index in [1.54, 1.807) is 6.07 Å². The molecule has 1 aromatic heterocycles. The molecule has 6 nitrogen and oxygen atoms in total. The number of carbonyl (C=O) groups is 1. The highest BCUT2D eigenvalue weighted by atomic mass is 35.5. The zero-order chi connectivity index (χ0) is 22.2. The monoisotopic (exact) mass is 460 g/mol. The molecule has 31 heavy (non-hydrogen) atoms. The van der Waals surface area contributed by atoms with Gasteiger partial charge in [0.15, 0.2) is 5.69 Å². The summed E-state index contributed by atoms with van der Waals surface area (Å²) in [5, 5.41) is 3.89. The number of halogens is 2. The zero-order valence-electron chi connectivity index (χ0n) is 17.6. The normalized spacial score (nSPS) is 11.3. The van der Waals surface area contributed by atoms with E-state index in [1.165, 1.54) is 6.26 Å². The van der Waals surface area contributed by atoms with Crippen LogP contribution in [0.3, 0.4) is 0 Å². The molecular weight excluding hydrogens is 435 g/mol. The number of oxazole rings is 1. The Morgan fingerprint density at radius 3 is 2.45 bits per heavy atom. The van der Waals surface area contributed by atoms with Crippen molar-refractivity contribution in [3.8, 4) is 0 Å². The molecule has 2 aromatic carbocycles. The summed E-state index contributed by atoms with van der Waals surface area (Å²) in [6, 6.07) is 15.7. The van der Waals surface area contributed by atoms with Gasteiger partial charge >= 0.3 is 0 Å². The molecule has 0 spiro atoms. The van der Waals surface area contributed by atoms with Crippen LogP contribution in [0.2, 0.25) is 10.0 Å². The first-order valence-corrected chi connectivity index (χ1v) is 10.7. The molecule has 0 aliphatic heterocycles. The van der Waals surface area contributed by atoms with Gasteiger partial charge < -0.3 is 14.6 Å². The topological polar surface area (TPSA) is 61.6 Å². The van der Waals surface area contributed by atoms with Crippen molar-refractivity contribution >= 4 is 29.1 Å². The lowest BCUT2D eigenvalue weighted by atomic mass is 10.1. The summed E-state index contributed by atoms with van der Waals surface area (Å²) in [6.45, 7) is 3.06. The maximum atomic E-state index is 12.3. The average Bonchev–Trinajstić information content (AvgIpc) is 3.20. The Hall–Kier alpha value is -2.38. The fourth-order valence-corrected chi connectivity index (χ4v) is 3.39. The minimum absolute atomic E-state index is 0.240. The highest BCUT2D eigenvalue weighted by Crippen LogP contribution is 2.24. The highest BCUT2D eigenvalue weighted by molar-refractivity contribution is 6.42. The van der Waals surface area contributed by atoms with Crippen LogP contribution in [0.1, 0.15) is 27.5 Å². The van der Waals surface area contributed by atoms with Crippen LogP contribution in [0.25, 0.3) is 0 Å². The molecule has 0 atom stereocenters. The molecule has 3 aromatic rings. The molecule has 1 heterocycles. The van der Waals surface area contributed by atoms with Crippen LogP contribution in [0.4, 0.5) is 0 Å². The van der Waals surface area contributed by atoms with Gasteiger partial charge in [-0.1, -0.05) is 59.6 Å². The minimum Gasteiger partial charge on any atom is -0.447 e. The second kappa shape index (κ2) is 11.3. The third-order valence-electron chi connectivity index (χ3n) is 4.63. The maximum Gasteiger partial charge on any atom is 0.273 e. The second-order valence-electron chi connectivity index (χ2n) is 7.56. The van der Waals surface area contributed by atoms with Crippen LogP contribution in [0.5, 0.6) is 0 Å². The molecule has 0 aliphatic carbocycles. The lowest BCUT2D eigenvalue weighted by Crippen LogP contribution is -2.31. The minimum atomic E-state index is -0.240. The van der Waals surface area contributed by atoms with Gasteiger partial charge in [0.05, 0.1) is 16.6 Å². The first kappa shape index (κ1) is 23.3. The molecule has 3 rings (SSSR count). The van der Waals surface area contributed by atoms with Crippen molar-refractivity contribution in [3.05, 3.63) is 87.6 Å². The molecule has 0 saturated carbocycles. The summed E-state index contributed by atoms with van der Waals surface area (Å²) in [5.74, 6) is 0.240. The van der Waals surface area contributed by atoms with Crippen molar-refractivity contribution in [2.24, 2.45) is 0 Å². The van der Waals surface area contributed by atoms with Crippen molar-refractivity contribution in [2.75, 3.05) is 27.2 Å². The number of nitrogens with one attached hydrogen (secondary N) is 1. The molecule has 0 radical (unpaired) electrons. The van der Waals surface area contributed by atoms with Crippen molar-refractivity contribution in [1.29, 1.82) is 0 Å². The Bertz CT molecular complexity index is 992. The standard InChI is InChI=1S/C23H26Cl2N4O2/c1-28(2)11-10-26-23(30)21-16-31-22(27-21)15-29(13-17-6-4-3-5-7-17)14-18-8-9-19(24)20(25)12-18/h3-9,12,16H,10-11,13-15H2,1-2H3,(H,26,30). The first-order valence-electron chi connectivity index (χ1n) is 9.98. The quantitative estimate of drug-likeness (QED) is 0.483. The van der Waals surface area contributed by atoms with Crippen LogP contribution in [-0.2, 0) is 19.6 Å². The lowest BCUT2D eigenvalue weighted by molar-refractivity contribution is 0.0946. The van der Waals surface area contributed by atoms with Gasteiger partial charge in [0, 0.05) is 26.2 Å². The molecular formula is C23H26Cl2N4O2. The summed E-state index contributed by atoms with van der Waals surface area (Å²) in [6.07, 6.45) is 1.40. The third kappa shape index (κ3) is 7.36. The summed E-state index contributed by atoms with van der Waals surface area (Å²) in [7, 11) is 3.91. The van der Waals surface area contributed by atoms with E-state index in [4.69, 9.17) is 27.6 Å². The highest BCUT2D eigenvalue weighted by Gasteiger charge is 2.16. The molecule has 0 saturated heterocycles. The van der Waals surface area contributed by atoms with Crippen LogP contribution in [0, 0.1) is 0 Å². The van der Waals surface area contributed by atoms with Crippen molar-refractivity contribution < 1.29 is 9.21 Å². The van der Waals surface area contributed by atoms with Gasteiger partial charge in [-0.25, -0.2) is 4.98 Å². The van der Waals surface area contributed by atoms with Gasteiger partial charge in [0.2, 0.25) is 5.89 Å². The SMILES string of the molecule is CN(C)CCNC(=O)c1coc(CN(Cc2ccccc2)Cc2ccc(Cl)c(Cl)c2)n1. The molecule has 1 N–H and O–H groups in total. The van der Waals surface area contributed by atoms with E-state index >= 15 is 0 Å². The number of amides is 1. The smallest absolute Gasteiger partial charge is 0.273 e. The zero-order valence-corrected chi connectivity index (χ0v) is 19.2. The number of carbonyl (C=O) groups excluding carboxylic acids is 1. The molecule has 0 aliphatic rings. The number of nitrogens with zero attached hydrogens (tertiary/aromatic N) is 3. The molecule has 8 heteroatoms. The van der Waals surface area contributed by atoms with Crippen molar-refractivity contribution in [3.63, 3.8) is 0 Å². The fraction of sp³-hybridized carbons (Fsp3) is 0.304. The van der Waals surface area contributed by atoms with Crippen LogP contribution < -0.4 is 5.32 Å². The Morgan fingerprint density at radius 1 is 1.00 bits per heavy atom. The van der Waals surface area contributed by atoms with Gasteiger partial charge in [-0.15, -0.1) is 0 Å². The van der Waals surface area contributed by atoms with E-state index in [9.17, 15) is 4.79 Å². The Morgan fingerprint density at radius 2 is 1.74 bits per heavy atom.